The highest BCUT2D eigenvalue weighted by Crippen LogP contribution is 2.25. The maximum Gasteiger partial charge on any atom is 0.251 e. The molecule has 4 nitrogen and oxygen atoms in total. The highest BCUT2D eigenvalue weighted by atomic mass is 16.5. The van der Waals surface area contributed by atoms with Crippen LogP contribution in [0.25, 0.3) is 0 Å². The van der Waals surface area contributed by atoms with Crippen LogP contribution in [0, 0.1) is 0 Å². The van der Waals surface area contributed by atoms with Gasteiger partial charge in [-0.3, -0.25) is 4.79 Å². The maximum atomic E-state index is 11.9. The number of hydrogen-bond acceptors (Lipinski definition) is 3. The monoisotopic (exact) mass is 225 g/mol. The number of nitrogens with zero attached hydrogens (tertiary/aromatic N) is 1. The molecule has 1 fully saturated rings. The van der Waals surface area contributed by atoms with Crippen molar-refractivity contribution >= 4 is 5.91 Å². The van der Waals surface area contributed by atoms with Crippen LogP contribution >= 0.6 is 0 Å². The molecule has 0 aliphatic carbocycles. The number of rotatable bonds is 2. The van der Waals surface area contributed by atoms with Gasteiger partial charge in [-0.05, 0) is 38.7 Å². The quantitative estimate of drug-likeness (QED) is 0.764. The lowest BCUT2D eigenvalue weighted by molar-refractivity contribution is -0.135. The molecule has 0 aromatic rings. The van der Waals surface area contributed by atoms with E-state index < -0.39 is 6.23 Å². The van der Waals surface area contributed by atoms with E-state index in [-0.39, 0.29) is 12.0 Å². The largest absolute Gasteiger partial charge is 0.376 e. The zero-order valence-electron chi connectivity index (χ0n) is 9.90. The van der Waals surface area contributed by atoms with E-state index in [1.54, 1.807) is 13.8 Å². The van der Waals surface area contributed by atoms with Gasteiger partial charge in [0.05, 0.1) is 12.6 Å². The molecular weight excluding hydrogens is 206 g/mol. The van der Waals surface area contributed by atoms with Gasteiger partial charge < -0.3 is 14.7 Å². The van der Waals surface area contributed by atoms with Crippen LogP contribution < -0.4 is 0 Å². The summed E-state index contributed by atoms with van der Waals surface area (Å²) >= 11 is 0. The minimum absolute atomic E-state index is 0.0563. The summed E-state index contributed by atoms with van der Waals surface area (Å²) in [6.45, 7) is 4.85. The Kier molecular flexibility index (Phi) is 3.30. The fourth-order valence-electron chi connectivity index (χ4n) is 2.28. The first-order valence-corrected chi connectivity index (χ1v) is 5.89. The van der Waals surface area contributed by atoms with Gasteiger partial charge in [0.1, 0.15) is 0 Å². The second kappa shape index (κ2) is 4.55. The van der Waals surface area contributed by atoms with Gasteiger partial charge in [0.2, 0.25) is 0 Å². The van der Waals surface area contributed by atoms with Crippen molar-refractivity contribution in [3.05, 3.63) is 11.1 Å². The highest BCUT2D eigenvalue weighted by molar-refractivity contribution is 5.96. The molecule has 1 amide bonds. The molecule has 0 unspecified atom stereocenters. The Labute approximate surface area is 95.9 Å². The lowest BCUT2D eigenvalue weighted by atomic mass is 10.1. The summed E-state index contributed by atoms with van der Waals surface area (Å²) in [5.41, 5.74) is 1.43. The molecule has 0 aromatic heterocycles. The van der Waals surface area contributed by atoms with Crippen LogP contribution in [0.1, 0.15) is 33.1 Å². The summed E-state index contributed by atoms with van der Waals surface area (Å²) in [5, 5.41) is 9.92. The Hall–Kier alpha value is -0.870. The van der Waals surface area contributed by atoms with Crippen molar-refractivity contribution in [2.45, 2.75) is 45.4 Å². The third-order valence-electron chi connectivity index (χ3n) is 3.53. The molecule has 0 saturated carbocycles. The number of amides is 1. The Morgan fingerprint density at radius 1 is 1.44 bits per heavy atom. The number of ether oxygens (including phenoxy) is 1. The van der Waals surface area contributed by atoms with Gasteiger partial charge in [0.15, 0.2) is 6.23 Å². The molecule has 2 rings (SSSR count). The molecule has 2 atom stereocenters. The van der Waals surface area contributed by atoms with Gasteiger partial charge in [-0.15, -0.1) is 0 Å². The van der Waals surface area contributed by atoms with Crippen molar-refractivity contribution in [2.24, 2.45) is 0 Å². The number of carbonyl (C=O) groups is 1. The van der Waals surface area contributed by atoms with E-state index in [2.05, 4.69) is 0 Å². The zero-order valence-corrected chi connectivity index (χ0v) is 9.90. The zero-order chi connectivity index (χ0) is 11.7. The first kappa shape index (κ1) is 11.6. The number of aliphatic hydroxyl groups excluding tert-OH is 1. The predicted octanol–water partition coefficient (Wildman–Crippen LogP) is 1.05. The number of carbonyl (C=O) groups excluding carboxylic acids is 1. The summed E-state index contributed by atoms with van der Waals surface area (Å²) in [4.78, 5) is 13.4. The van der Waals surface area contributed by atoms with Gasteiger partial charge in [-0.1, -0.05) is 0 Å². The van der Waals surface area contributed by atoms with E-state index in [1.807, 2.05) is 0 Å². The topological polar surface area (TPSA) is 49.8 Å². The smallest absolute Gasteiger partial charge is 0.251 e. The summed E-state index contributed by atoms with van der Waals surface area (Å²) in [7, 11) is 0. The van der Waals surface area contributed by atoms with Gasteiger partial charge in [-0.25, -0.2) is 0 Å². The Balaban J connectivity index is 1.98. The normalized spacial score (nSPS) is 31.4. The van der Waals surface area contributed by atoms with E-state index in [9.17, 15) is 9.90 Å². The van der Waals surface area contributed by atoms with Crippen molar-refractivity contribution < 1.29 is 14.6 Å². The lowest BCUT2D eigenvalue weighted by Gasteiger charge is -2.29. The first-order valence-electron chi connectivity index (χ1n) is 5.89. The van der Waals surface area contributed by atoms with Crippen LogP contribution in [0.15, 0.2) is 11.1 Å². The summed E-state index contributed by atoms with van der Waals surface area (Å²) in [6.07, 6.45) is 2.57. The molecule has 2 aliphatic heterocycles. The van der Waals surface area contributed by atoms with Crippen molar-refractivity contribution in [2.75, 3.05) is 13.2 Å². The Morgan fingerprint density at radius 2 is 2.19 bits per heavy atom. The van der Waals surface area contributed by atoms with E-state index in [0.717, 1.165) is 31.4 Å². The molecule has 0 spiro atoms. The molecular formula is C12H19NO3. The van der Waals surface area contributed by atoms with Gasteiger partial charge in [0, 0.05) is 12.2 Å². The average Bonchev–Trinajstić information content (AvgIpc) is 2.48. The van der Waals surface area contributed by atoms with E-state index in [1.165, 1.54) is 4.90 Å². The SMILES string of the molecule is CC1=C(C)[C@@H](O)N(C[C@H]2CCCCO2)C1=O. The molecule has 16 heavy (non-hydrogen) atoms. The molecule has 90 valence electrons. The maximum absolute atomic E-state index is 11.9. The van der Waals surface area contributed by atoms with Crippen LogP contribution in [0.4, 0.5) is 0 Å². The van der Waals surface area contributed by atoms with Crippen molar-refractivity contribution in [3.8, 4) is 0 Å². The number of aliphatic hydroxyl groups is 1. The molecule has 0 bridgehead atoms. The third-order valence-corrected chi connectivity index (χ3v) is 3.53. The fourth-order valence-corrected chi connectivity index (χ4v) is 2.28. The molecule has 1 N–H and O–H groups in total. The third kappa shape index (κ3) is 1.99. The van der Waals surface area contributed by atoms with E-state index in [4.69, 9.17) is 4.74 Å². The molecule has 2 heterocycles. The molecule has 1 saturated heterocycles. The molecule has 2 aliphatic rings. The molecule has 0 aromatic carbocycles. The minimum atomic E-state index is -0.752. The second-order valence-electron chi connectivity index (χ2n) is 4.63. The van der Waals surface area contributed by atoms with Crippen molar-refractivity contribution in [1.29, 1.82) is 0 Å². The summed E-state index contributed by atoms with van der Waals surface area (Å²) in [6, 6.07) is 0. The van der Waals surface area contributed by atoms with Gasteiger partial charge in [-0.2, -0.15) is 0 Å². The average molecular weight is 225 g/mol. The standard InChI is InChI=1S/C12H19NO3/c1-8-9(2)12(15)13(11(8)14)7-10-5-3-4-6-16-10/h10-11,14H,3-7H2,1-2H3/t10-,11-/m1/s1. The van der Waals surface area contributed by atoms with Gasteiger partial charge in [0.25, 0.3) is 5.91 Å². The van der Waals surface area contributed by atoms with Crippen LogP contribution in [0.2, 0.25) is 0 Å². The molecule has 4 heteroatoms. The van der Waals surface area contributed by atoms with Crippen molar-refractivity contribution in [1.82, 2.24) is 4.90 Å². The van der Waals surface area contributed by atoms with Crippen molar-refractivity contribution in [3.63, 3.8) is 0 Å². The summed E-state index contributed by atoms with van der Waals surface area (Å²) in [5.74, 6) is -0.0563. The Bertz CT molecular complexity index is 318. The lowest BCUT2D eigenvalue weighted by Crippen LogP contribution is -2.42. The Morgan fingerprint density at radius 3 is 2.69 bits per heavy atom. The fraction of sp³-hybridized carbons (Fsp3) is 0.750. The van der Waals surface area contributed by atoms with E-state index in [0.29, 0.717) is 12.1 Å². The minimum Gasteiger partial charge on any atom is -0.376 e. The van der Waals surface area contributed by atoms with Crippen LogP contribution in [0.5, 0.6) is 0 Å². The first-order chi connectivity index (χ1) is 7.61. The number of hydrogen-bond donors (Lipinski definition) is 1. The van der Waals surface area contributed by atoms with Gasteiger partial charge >= 0.3 is 0 Å². The van der Waals surface area contributed by atoms with E-state index >= 15 is 0 Å². The molecule has 0 radical (unpaired) electrons. The highest BCUT2D eigenvalue weighted by Gasteiger charge is 2.35. The summed E-state index contributed by atoms with van der Waals surface area (Å²) < 4.78 is 5.58. The van der Waals surface area contributed by atoms with Crippen LogP contribution in [0.3, 0.4) is 0 Å². The predicted molar refractivity (Wildman–Crippen MR) is 59.7 cm³/mol. The van der Waals surface area contributed by atoms with Crippen LogP contribution in [-0.4, -0.2) is 41.4 Å². The second-order valence-corrected chi connectivity index (χ2v) is 4.63. The van der Waals surface area contributed by atoms with Crippen LogP contribution in [-0.2, 0) is 9.53 Å².